The van der Waals surface area contributed by atoms with Crippen LogP contribution in [0.25, 0.3) is 0 Å². The highest BCUT2D eigenvalue weighted by Gasteiger charge is 2.21. The number of benzene rings is 1. The highest BCUT2D eigenvalue weighted by atomic mass is 127. The maximum atomic E-state index is 13.4. The third kappa shape index (κ3) is 5.75. The smallest absolute Gasteiger partial charge is 0.225 e. The molecule has 1 aromatic carbocycles. The molecule has 1 aliphatic heterocycles. The topological polar surface area (TPSA) is 56.7 Å². The number of rotatable bonds is 4. The van der Waals surface area contributed by atoms with Crippen molar-refractivity contribution in [3.8, 4) is 0 Å². The van der Waals surface area contributed by atoms with Gasteiger partial charge in [-0.1, -0.05) is 12.1 Å². The zero-order valence-electron chi connectivity index (χ0n) is 15.7. The van der Waals surface area contributed by atoms with Crippen LogP contribution >= 0.6 is 24.0 Å². The largest absolute Gasteiger partial charge is 0.357 e. The van der Waals surface area contributed by atoms with E-state index in [0.29, 0.717) is 12.1 Å². The van der Waals surface area contributed by atoms with Crippen molar-refractivity contribution in [3.05, 3.63) is 53.6 Å². The van der Waals surface area contributed by atoms with Gasteiger partial charge in [0.15, 0.2) is 5.96 Å². The van der Waals surface area contributed by atoms with Crippen LogP contribution in [0.15, 0.2) is 41.7 Å². The Morgan fingerprint density at radius 2 is 1.89 bits per heavy atom. The molecule has 8 heteroatoms. The van der Waals surface area contributed by atoms with Gasteiger partial charge >= 0.3 is 0 Å². The summed E-state index contributed by atoms with van der Waals surface area (Å²) in [5.41, 5.74) is 1.66. The molecule has 0 radical (unpaired) electrons. The molecule has 2 heterocycles. The first-order valence-electron chi connectivity index (χ1n) is 8.97. The minimum absolute atomic E-state index is 0. The Bertz CT molecular complexity index is 747. The van der Waals surface area contributed by atoms with Crippen LogP contribution in [0.4, 0.5) is 10.3 Å². The van der Waals surface area contributed by atoms with E-state index < -0.39 is 0 Å². The number of nitrogens with one attached hydrogen (secondary N) is 1. The average Bonchev–Trinajstić information content (AvgIpc) is 2.68. The van der Waals surface area contributed by atoms with Gasteiger partial charge < -0.3 is 15.1 Å². The SMILES string of the molecule is CCNC(=NCc1ccc(F)c(C)c1)N1CCN(c2ncccn2)CC1.I. The molecule has 0 aliphatic carbocycles. The van der Waals surface area contributed by atoms with Crippen LogP contribution in [0.2, 0.25) is 0 Å². The maximum absolute atomic E-state index is 13.4. The second-order valence-electron chi connectivity index (χ2n) is 6.28. The van der Waals surface area contributed by atoms with E-state index in [-0.39, 0.29) is 29.8 Å². The standard InChI is InChI=1S/C19H25FN6.HI/c1-3-21-18(24-14-16-5-6-17(20)15(2)13-16)25-9-11-26(12-10-25)19-22-7-4-8-23-19;/h4-8,13H,3,9-12,14H2,1-2H3,(H,21,24);1H. The molecule has 146 valence electrons. The molecular weight excluding hydrogens is 458 g/mol. The fourth-order valence-corrected chi connectivity index (χ4v) is 2.97. The highest BCUT2D eigenvalue weighted by molar-refractivity contribution is 14.0. The zero-order chi connectivity index (χ0) is 18.4. The van der Waals surface area contributed by atoms with Gasteiger partial charge in [-0.3, -0.25) is 0 Å². The van der Waals surface area contributed by atoms with Gasteiger partial charge in [0.05, 0.1) is 6.54 Å². The Labute approximate surface area is 176 Å². The monoisotopic (exact) mass is 484 g/mol. The molecule has 27 heavy (non-hydrogen) atoms. The van der Waals surface area contributed by atoms with Crippen LogP contribution in [0, 0.1) is 12.7 Å². The molecule has 2 aromatic rings. The van der Waals surface area contributed by atoms with Gasteiger partial charge in [0.2, 0.25) is 5.95 Å². The van der Waals surface area contributed by atoms with E-state index in [4.69, 9.17) is 4.99 Å². The fourth-order valence-electron chi connectivity index (χ4n) is 2.97. The van der Waals surface area contributed by atoms with Gasteiger partial charge in [-0.2, -0.15) is 0 Å². The lowest BCUT2D eigenvalue weighted by Gasteiger charge is -2.36. The number of guanidine groups is 1. The summed E-state index contributed by atoms with van der Waals surface area (Å²) in [7, 11) is 0. The Hall–Kier alpha value is -1.97. The average molecular weight is 484 g/mol. The van der Waals surface area contributed by atoms with Crippen LogP contribution in [-0.4, -0.2) is 53.6 Å². The van der Waals surface area contributed by atoms with Crippen molar-refractivity contribution in [2.45, 2.75) is 20.4 Å². The lowest BCUT2D eigenvalue weighted by atomic mass is 10.1. The third-order valence-electron chi connectivity index (χ3n) is 4.38. The van der Waals surface area contributed by atoms with E-state index >= 15 is 0 Å². The van der Waals surface area contributed by atoms with Crippen molar-refractivity contribution >= 4 is 35.9 Å². The molecule has 3 rings (SSSR count). The summed E-state index contributed by atoms with van der Waals surface area (Å²) in [6, 6.07) is 6.98. The summed E-state index contributed by atoms with van der Waals surface area (Å²) in [5, 5.41) is 3.36. The van der Waals surface area contributed by atoms with E-state index in [1.54, 1.807) is 25.4 Å². The number of anilines is 1. The van der Waals surface area contributed by atoms with E-state index in [0.717, 1.165) is 50.2 Å². The Morgan fingerprint density at radius 1 is 1.19 bits per heavy atom. The van der Waals surface area contributed by atoms with Crippen LogP contribution in [0.3, 0.4) is 0 Å². The summed E-state index contributed by atoms with van der Waals surface area (Å²) in [5.74, 6) is 1.49. The molecule has 1 aromatic heterocycles. The quantitative estimate of drug-likeness (QED) is 0.411. The third-order valence-corrected chi connectivity index (χ3v) is 4.38. The van der Waals surface area contributed by atoms with Crippen molar-refractivity contribution in [2.75, 3.05) is 37.6 Å². The zero-order valence-corrected chi connectivity index (χ0v) is 18.1. The first-order valence-corrected chi connectivity index (χ1v) is 8.97. The van der Waals surface area contributed by atoms with Gasteiger partial charge in [0.1, 0.15) is 5.82 Å². The summed E-state index contributed by atoms with van der Waals surface area (Å²) in [6.45, 7) is 8.59. The summed E-state index contributed by atoms with van der Waals surface area (Å²) in [4.78, 5) is 17.8. The number of aromatic nitrogens is 2. The molecular formula is C19H26FIN6. The van der Waals surface area contributed by atoms with Crippen LogP contribution in [0.5, 0.6) is 0 Å². The summed E-state index contributed by atoms with van der Waals surface area (Å²) < 4.78 is 13.4. The molecule has 0 unspecified atom stereocenters. The Morgan fingerprint density at radius 3 is 2.52 bits per heavy atom. The molecule has 0 atom stereocenters. The van der Waals surface area contributed by atoms with E-state index in [2.05, 4.69) is 32.0 Å². The van der Waals surface area contributed by atoms with Crippen molar-refractivity contribution in [1.82, 2.24) is 20.2 Å². The number of aryl methyl sites for hydroxylation is 1. The predicted molar refractivity (Wildman–Crippen MR) is 117 cm³/mol. The van der Waals surface area contributed by atoms with E-state index in [9.17, 15) is 4.39 Å². The first kappa shape index (κ1) is 21.3. The van der Waals surface area contributed by atoms with Gasteiger partial charge in [-0.15, -0.1) is 24.0 Å². The van der Waals surface area contributed by atoms with Crippen LogP contribution in [-0.2, 0) is 6.54 Å². The lowest BCUT2D eigenvalue weighted by molar-refractivity contribution is 0.370. The predicted octanol–water partition coefficient (Wildman–Crippen LogP) is 2.83. The molecule has 0 saturated carbocycles. The molecule has 0 amide bonds. The lowest BCUT2D eigenvalue weighted by Crippen LogP contribution is -2.52. The summed E-state index contributed by atoms with van der Waals surface area (Å²) >= 11 is 0. The molecule has 6 nitrogen and oxygen atoms in total. The molecule has 0 spiro atoms. The number of nitrogens with zero attached hydrogens (tertiary/aromatic N) is 5. The van der Waals surface area contributed by atoms with Crippen LogP contribution in [0.1, 0.15) is 18.1 Å². The highest BCUT2D eigenvalue weighted by Crippen LogP contribution is 2.12. The normalized spacial score (nSPS) is 14.7. The van der Waals surface area contributed by atoms with Crippen molar-refractivity contribution in [1.29, 1.82) is 0 Å². The molecule has 0 bridgehead atoms. The number of aliphatic imine (C=N–C) groups is 1. The second kappa shape index (κ2) is 10.4. The van der Waals surface area contributed by atoms with Gasteiger partial charge in [0, 0.05) is 45.1 Å². The van der Waals surface area contributed by atoms with E-state index in [1.807, 2.05) is 12.1 Å². The number of hydrogen-bond acceptors (Lipinski definition) is 4. The van der Waals surface area contributed by atoms with Gasteiger partial charge in [-0.25, -0.2) is 19.4 Å². The Kier molecular flexibility index (Phi) is 8.21. The molecule has 1 aliphatic rings. The van der Waals surface area contributed by atoms with Gasteiger partial charge in [0.25, 0.3) is 0 Å². The molecule has 1 N–H and O–H groups in total. The first-order chi connectivity index (χ1) is 12.7. The van der Waals surface area contributed by atoms with Crippen molar-refractivity contribution in [3.63, 3.8) is 0 Å². The number of halogens is 2. The number of piperazine rings is 1. The number of hydrogen-bond donors (Lipinski definition) is 1. The van der Waals surface area contributed by atoms with Crippen LogP contribution < -0.4 is 10.2 Å². The van der Waals surface area contributed by atoms with Gasteiger partial charge in [-0.05, 0) is 37.1 Å². The maximum Gasteiger partial charge on any atom is 0.225 e. The van der Waals surface area contributed by atoms with Crippen molar-refractivity contribution in [2.24, 2.45) is 4.99 Å². The summed E-state index contributed by atoms with van der Waals surface area (Å²) in [6.07, 6.45) is 3.54. The fraction of sp³-hybridized carbons (Fsp3) is 0.421. The Balaban J connectivity index is 0.00000261. The van der Waals surface area contributed by atoms with Crippen molar-refractivity contribution < 1.29 is 4.39 Å². The minimum Gasteiger partial charge on any atom is -0.357 e. The molecule has 1 saturated heterocycles. The van der Waals surface area contributed by atoms with E-state index in [1.165, 1.54) is 6.07 Å². The molecule has 1 fully saturated rings. The second-order valence-corrected chi connectivity index (χ2v) is 6.28. The minimum atomic E-state index is -0.177.